The number of nitrogens with zero attached hydrogens (tertiary/aromatic N) is 3. The maximum Gasteiger partial charge on any atom is 0.163 e. The van der Waals surface area contributed by atoms with E-state index in [9.17, 15) is 9.90 Å². The molecule has 0 spiro atoms. The van der Waals surface area contributed by atoms with E-state index in [0.29, 0.717) is 11.3 Å². The molecule has 5 nitrogen and oxygen atoms in total. The normalized spacial score (nSPS) is 11.3. The van der Waals surface area contributed by atoms with Crippen LogP contribution in [0.15, 0.2) is 36.5 Å². The average Bonchev–Trinajstić information content (AvgIpc) is 2.82. The maximum atomic E-state index is 11.3. The van der Waals surface area contributed by atoms with Gasteiger partial charge in [-0.15, -0.1) is 0 Å². The first kappa shape index (κ1) is 14.3. The van der Waals surface area contributed by atoms with E-state index < -0.39 is 5.97 Å². The van der Waals surface area contributed by atoms with Crippen LogP contribution < -0.4 is 5.11 Å². The summed E-state index contributed by atoms with van der Waals surface area (Å²) in [5.74, 6) is -1.24. The molecule has 0 atom stereocenters. The Bertz CT molecular complexity index is 851. The van der Waals surface area contributed by atoms with E-state index in [1.807, 2.05) is 51.1 Å². The first-order valence-corrected chi connectivity index (χ1v) is 7.15. The Labute approximate surface area is 128 Å². The predicted octanol–water partition coefficient (Wildman–Crippen LogP) is 2.19. The van der Waals surface area contributed by atoms with Gasteiger partial charge in [0, 0.05) is 17.3 Å². The molecule has 3 aromatic rings. The number of aryl methyl sites for hydroxylation is 1. The highest BCUT2D eigenvalue weighted by Crippen LogP contribution is 2.29. The van der Waals surface area contributed by atoms with Crippen LogP contribution >= 0.6 is 0 Å². The van der Waals surface area contributed by atoms with Crippen molar-refractivity contribution in [3.63, 3.8) is 0 Å². The first-order valence-electron chi connectivity index (χ1n) is 7.15. The molecular weight excluding hydrogens is 278 g/mol. The summed E-state index contributed by atoms with van der Waals surface area (Å²) >= 11 is 0. The second-order valence-electron chi connectivity index (χ2n) is 5.56. The van der Waals surface area contributed by atoms with Crippen molar-refractivity contribution >= 4 is 11.6 Å². The zero-order chi connectivity index (χ0) is 15.9. The fraction of sp³-hybridized carbons (Fsp3) is 0.235. The van der Waals surface area contributed by atoms with Gasteiger partial charge in [-0.05, 0) is 18.4 Å². The number of carbonyl (C=O) groups is 1. The molecule has 5 heteroatoms. The maximum absolute atomic E-state index is 11.3. The van der Waals surface area contributed by atoms with Crippen LogP contribution in [0, 0.1) is 6.92 Å². The number of hydrogen-bond donors (Lipinski definition) is 0. The van der Waals surface area contributed by atoms with Gasteiger partial charge in [-0.2, -0.15) is 5.10 Å². The van der Waals surface area contributed by atoms with E-state index >= 15 is 0 Å². The van der Waals surface area contributed by atoms with Crippen LogP contribution in [0.2, 0.25) is 0 Å². The van der Waals surface area contributed by atoms with Crippen LogP contribution in [0.4, 0.5) is 0 Å². The molecule has 0 aliphatic rings. The molecule has 0 radical (unpaired) electrons. The largest absolute Gasteiger partial charge is 0.545 e. The van der Waals surface area contributed by atoms with Gasteiger partial charge in [-0.3, -0.25) is 0 Å². The number of hydrogen-bond acceptors (Lipinski definition) is 4. The lowest BCUT2D eigenvalue weighted by Gasteiger charge is -2.14. The van der Waals surface area contributed by atoms with E-state index in [4.69, 9.17) is 0 Å². The highest BCUT2D eigenvalue weighted by molar-refractivity contribution is 5.88. The Morgan fingerprint density at radius 1 is 1.23 bits per heavy atom. The molecule has 2 heterocycles. The molecule has 0 unspecified atom stereocenters. The van der Waals surface area contributed by atoms with E-state index in [1.54, 1.807) is 4.52 Å². The molecule has 3 rings (SSSR count). The topological polar surface area (TPSA) is 70.3 Å². The van der Waals surface area contributed by atoms with Gasteiger partial charge in [-0.25, -0.2) is 9.50 Å². The molecule has 0 fully saturated rings. The van der Waals surface area contributed by atoms with Gasteiger partial charge >= 0.3 is 0 Å². The molecule has 0 amide bonds. The minimum atomic E-state index is -1.23. The summed E-state index contributed by atoms with van der Waals surface area (Å²) in [5, 5.41) is 15.9. The van der Waals surface area contributed by atoms with Gasteiger partial charge in [-0.1, -0.05) is 44.2 Å². The van der Waals surface area contributed by atoms with Gasteiger partial charge in [0.15, 0.2) is 5.65 Å². The highest BCUT2D eigenvalue weighted by Gasteiger charge is 2.19. The molecular formula is C17H16N3O2-. The SMILES string of the molecule is Cc1nn2c(C(C)C)c(C(=O)[O-])cnc2c1-c1ccccc1. The molecule has 0 saturated heterocycles. The Morgan fingerprint density at radius 3 is 2.50 bits per heavy atom. The number of aromatic nitrogens is 3. The van der Waals surface area contributed by atoms with Crippen molar-refractivity contribution in [3.8, 4) is 11.1 Å². The molecule has 0 saturated carbocycles. The van der Waals surface area contributed by atoms with Crippen molar-refractivity contribution in [1.29, 1.82) is 0 Å². The molecule has 0 aliphatic heterocycles. The van der Waals surface area contributed by atoms with Crippen LogP contribution in [0.3, 0.4) is 0 Å². The van der Waals surface area contributed by atoms with Crippen molar-refractivity contribution in [2.45, 2.75) is 26.7 Å². The second kappa shape index (κ2) is 5.26. The van der Waals surface area contributed by atoms with Gasteiger partial charge in [0.1, 0.15) is 0 Å². The average molecular weight is 294 g/mol. The third-order valence-electron chi connectivity index (χ3n) is 3.69. The lowest BCUT2D eigenvalue weighted by atomic mass is 10.0. The Hall–Kier alpha value is -2.69. The third kappa shape index (κ3) is 2.15. The number of carbonyl (C=O) groups excluding carboxylic acids is 1. The van der Waals surface area contributed by atoms with Gasteiger partial charge in [0.25, 0.3) is 0 Å². The van der Waals surface area contributed by atoms with Gasteiger partial charge in [0.2, 0.25) is 0 Å². The molecule has 1 aromatic carbocycles. The molecule has 0 aliphatic carbocycles. The lowest BCUT2D eigenvalue weighted by molar-refractivity contribution is -0.255. The summed E-state index contributed by atoms with van der Waals surface area (Å²) < 4.78 is 1.63. The number of aromatic carboxylic acids is 1. The minimum absolute atomic E-state index is 0.0127. The molecule has 2 aromatic heterocycles. The third-order valence-corrected chi connectivity index (χ3v) is 3.69. The van der Waals surface area contributed by atoms with Crippen molar-refractivity contribution in [1.82, 2.24) is 14.6 Å². The highest BCUT2D eigenvalue weighted by atomic mass is 16.4. The Morgan fingerprint density at radius 2 is 1.91 bits per heavy atom. The summed E-state index contributed by atoms with van der Waals surface area (Å²) in [5.41, 5.74) is 4.11. The second-order valence-corrected chi connectivity index (χ2v) is 5.56. The smallest absolute Gasteiger partial charge is 0.163 e. The Kier molecular flexibility index (Phi) is 3.41. The van der Waals surface area contributed by atoms with Crippen LogP contribution in [0.1, 0.15) is 41.5 Å². The lowest BCUT2D eigenvalue weighted by Crippen LogP contribution is -2.26. The van der Waals surface area contributed by atoms with Crippen molar-refractivity contribution in [2.75, 3.05) is 0 Å². The summed E-state index contributed by atoms with van der Waals surface area (Å²) in [7, 11) is 0. The standard InChI is InChI=1S/C17H17N3O2/c1-10(2)15-13(17(21)22)9-18-16-14(11(3)19-20(15)16)12-7-5-4-6-8-12/h4-10H,1-3H3,(H,21,22)/p-1. The molecule has 112 valence electrons. The number of carboxylic acid groups (broad SMARTS) is 1. The summed E-state index contributed by atoms with van der Waals surface area (Å²) in [6, 6.07) is 9.85. The van der Waals surface area contributed by atoms with Crippen LogP contribution in [0.5, 0.6) is 0 Å². The van der Waals surface area contributed by atoms with Crippen LogP contribution in [0.25, 0.3) is 16.8 Å². The van der Waals surface area contributed by atoms with Crippen LogP contribution in [-0.4, -0.2) is 20.6 Å². The van der Waals surface area contributed by atoms with Crippen molar-refractivity contribution < 1.29 is 9.90 Å². The number of fused-ring (bicyclic) bond motifs is 1. The van der Waals surface area contributed by atoms with Crippen LogP contribution in [-0.2, 0) is 0 Å². The quantitative estimate of drug-likeness (QED) is 0.742. The van der Waals surface area contributed by atoms with Gasteiger partial charge in [0.05, 0.1) is 17.4 Å². The molecule has 0 N–H and O–H groups in total. The fourth-order valence-electron chi connectivity index (χ4n) is 2.76. The predicted molar refractivity (Wildman–Crippen MR) is 81.6 cm³/mol. The Balaban J connectivity index is 2.37. The molecule has 0 bridgehead atoms. The molecule has 22 heavy (non-hydrogen) atoms. The number of carboxylic acids is 1. The zero-order valence-electron chi connectivity index (χ0n) is 12.7. The minimum Gasteiger partial charge on any atom is -0.545 e. The first-order chi connectivity index (χ1) is 10.5. The fourth-order valence-corrected chi connectivity index (χ4v) is 2.76. The van der Waals surface area contributed by atoms with Gasteiger partial charge < -0.3 is 9.90 Å². The monoisotopic (exact) mass is 294 g/mol. The number of benzene rings is 1. The number of rotatable bonds is 3. The van der Waals surface area contributed by atoms with E-state index in [2.05, 4.69) is 10.1 Å². The van der Waals surface area contributed by atoms with E-state index in [1.165, 1.54) is 6.20 Å². The summed E-state index contributed by atoms with van der Waals surface area (Å²) in [4.78, 5) is 15.7. The summed E-state index contributed by atoms with van der Waals surface area (Å²) in [6.45, 7) is 5.76. The van der Waals surface area contributed by atoms with Crippen molar-refractivity contribution in [3.05, 3.63) is 53.5 Å². The zero-order valence-corrected chi connectivity index (χ0v) is 12.7. The van der Waals surface area contributed by atoms with E-state index in [0.717, 1.165) is 16.8 Å². The van der Waals surface area contributed by atoms with E-state index in [-0.39, 0.29) is 11.5 Å². The van der Waals surface area contributed by atoms with Crippen molar-refractivity contribution in [2.24, 2.45) is 0 Å². The summed E-state index contributed by atoms with van der Waals surface area (Å²) in [6.07, 6.45) is 1.37.